The van der Waals surface area contributed by atoms with E-state index in [9.17, 15) is 0 Å². The Morgan fingerprint density at radius 3 is 2.22 bits per heavy atom. The molecule has 2 unspecified atom stereocenters. The summed E-state index contributed by atoms with van der Waals surface area (Å²) in [6.07, 6.45) is 4.52. The number of aromatic amines is 1. The second-order valence-electron chi connectivity index (χ2n) is 14.8. The molecule has 2 aromatic heterocycles. The first-order valence-electron chi connectivity index (χ1n) is 17.6. The van der Waals surface area contributed by atoms with Crippen LogP contribution in [0.5, 0.6) is 5.75 Å². The standard InChI is InChI=1S/C44H42IN4O/c1-43(2)35-16-7-9-18-38(35)47-42(43)34-27-49(40-19-10-6-15-32(34)40)22-23-50-30-13-11-12-28(24-30)45-29-20-21-36-39(25-29)48-41(44(36,3)4)33-26-46-37-17-8-5-14-31(33)37/h5-21,24-27,41-42,46-48H,22-23H2,1-4H3/q-1. The number of hydrogen-bond acceptors (Lipinski definition) is 3. The third-order valence-electron chi connectivity index (χ3n) is 11.0. The number of para-hydroxylation sites is 3. The van der Waals surface area contributed by atoms with E-state index in [0.29, 0.717) is 6.61 Å². The zero-order valence-electron chi connectivity index (χ0n) is 28.9. The van der Waals surface area contributed by atoms with Crippen LogP contribution in [0.1, 0.15) is 62.0 Å². The van der Waals surface area contributed by atoms with Gasteiger partial charge in [0.2, 0.25) is 0 Å². The number of nitrogens with one attached hydrogen (secondary N) is 3. The molecule has 7 aromatic rings. The van der Waals surface area contributed by atoms with Crippen LogP contribution in [-0.2, 0) is 17.4 Å². The molecule has 2 atom stereocenters. The summed E-state index contributed by atoms with van der Waals surface area (Å²) in [4.78, 5) is 3.48. The first kappa shape index (κ1) is 31.3. The van der Waals surface area contributed by atoms with Crippen molar-refractivity contribution in [3.8, 4) is 5.75 Å². The van der Waals surface area contributed by atoms with Crippen molar-refractivity contribution >= 4 is 33.2 Å². The number of ether oxygens (including phenoxy) is 1. The van der Waals surface area contributed by atoms with Crippen LogP contribution in [0.3, 0.4) is 0 Å². The summed E-state index contributed by atoms with van der Waals surface area (Å²) < 4.78 is 11.5. The van der Waals surface area contributed by atoms with E-state index in [1.165, 1.54) is 62.6 Å². The van der Waals surface area contributed by atoms with Crippen molar-refractivity contribution in [1.29, 1.82) is 0 Å². The summed E-state index contributed by atoms with van der Waals surface area (Å²) in [6.45, 7) is 10.8. The molecule has 0 aliphatic carbocycles. The van der Waals surface area contributed by atoms with E-state index in [4.69, 9.17) is 4.74 Å². The monoisotopic (exact) mass is 769 g/mol. The van der Waals surface area contributed by atoms with Crippen molar-refractivity contribution in [2.45, 2.75) is 57.2 Å². The fraction of sp³-hybridized carbons (Fsp3) is 0.227. The Morgan fingerprint density at radius 2 is 1.36 bits per heavy atom. The molecule has 0 fully saturated rings. The zero-order valence-corrected chi connectivity index (χ0v) is 31.1. The van der Waals surface area contributed by atoms with E-state index < -0.39 is 0 Å². The van der Waals surface area contributed by atoms with Crippen molar-refractivity contribution in [2.24, 2.45) is 0 Å². The van der Waals surface area contributed by atoms with Crippen molar-refractivity contribution in [2.75, 3.05) is 17.2 Å². The number of anilines is 2. The number of rotatable bonds is 8. The van der Waals surface area contributed by atoms with Crippen molar-refractivity contribution < 1.29 is 25.9 Å². The topological polar surface area (TPSA) is 54.0 Å². The average molecular weight is 770 g/mol. The first-order chi connectivity index (χ1) is 24.3. The van der Waals surface area contributed by atoms with Gasteiger partial charge in [-0.3, -0.25) is 0 Å². The van der Waals surface area contributed by atoms with Crippen LogP contribution < -0.4 is 36.6 Å². The van der Waals surface area contributed by atoms with Gasteiger partial charge in [0.25, 0.3) is 0 Å². The predicted octanol–water partition coefficient (Wildman–Crippen LogP) is 7.22. The van der Waals surface area contributed by atoms with Crippen molar-refractivity contribution in [1.82, 2.24) is 9.55 Å². The van der Waals surface area contributed by atoms with Gasteiger partial charge in [0, 0.05) is 0 Å². The van der Waals surface area contributed by atoms with E-state index in [1.54, 1.807) is 0 Å². The molecule has 0 bridgehead atoms. The average Bonchev–Trinajstić information content (AvgIpc) is 3.84. The quantitative estimate of drug-likeness (QED) is 0.143. The maximum absolute atomic E-state index is 6.42. The molecule has 5 nitrogen and oxygen atoms in total. The van der Waals surface area contributed by atoms with E-state index in [0.717, 1.165) is 12.3 Å². The van der Waals surface area contributed by atoms with Crippen LogP contribution in [0.15, 0.2) is 128 Å². The molecule has 2 aliphatic heterocycles. The normalized spacial score (nSPS) is 18.6. The fourth-order valence-corrected chi connectivity index (χ4v) is 10.8. The van der Waals surface area contributed by atoms with E-state index >= 15 is 0 Å². The molecule has 6 heteroatoms. The Hall–Kier alpha value is -4.69. The van der Waals surface area contributed by atoms with Gasteiger partial charge >= 0.3 is 282 Å². The zero-order chi connectivity index (χ0) is 34.0. The fourth-order valence-electron chi connectivity index (χ4n) is 8.37. The molecule has 0 saturated heterocycles. The molecule has 5 aromatic carbocycles. The molecule has 252 valence electrons. The van der Waals surface area contributed by atoms with Gasteiger partial charge in [-0.05, 0) is 6.07 Å². The molecule has 0 radical (unpaired) electrons. The molecular weight excluding hydrogens is 727 g/mol. The second kappa shape index (κ2) is 12.0. The minimum absolute atomic E-state index is 0.0182. The number of aromatic nitrogens is 2. The molecule has 0 spiro atoms. The number of hydrogen-bond donors (Lipinski definition) is 3. The second-order valence-corrected chi connectivity index (χ2v) is 17.8. The summed E-state index contributed by atoms with van der Waals surface area (Å²) in [5.41, 5.74) is 10.3. The van der Waals surface area contributed by atoms with Crippen molar-refractivity contribution in [3.63, 3.8) is 0 Å². The summed E-state index contributed by atoms with van der Waals surface area (Å²) in [7, 11) is 0. The summed E-state index contributed by atoms with van der Waals surface area (Å²) in [5.74, 6) is 0.938. The first-order valence-corrected chi connectivity index (χ1v) is 19.7. The summed E-state index contributed by atoms with van der Waals surface area (Å²) in [6, 6.07) is 42.3. The molecule has 4 heterocycles. The van der Waals surface area contributed by atoms with Crippen LogP contribution in [0.25, 0.3) is 21.8 Å². The Morgan fingerprint density at radius 1 is 0.660 bits per heavy atom. The third-order valence-corrected chi connectivity index (χ3v) is 13.6. The van der Waals surface area contributed by atoms with Crippen LogP contribution in [0.2, 0.25) is 0 Å². The number of nitrogens with zero attached hydrogens (tertiary/aromatic N) is 1. The van der Waals surface area contributed by atoms with Crippen LogP contribution in [0.4, 0.5) is 11.4 Å². The Bertz CT molecular complexity index is 2380. The Labute approximate surface area is 304 Å². The minimum atomic E-state index is -0.371. The Kier molecular flexibility index (Phi) is 7.50. The van der Waals surface area contributed by atoms with Gasteiger partial charge < -0.3 is 0 Å². The van der Waals surface area contributed by atoms with Gasteiger partial charge in [0.15, 0.2) is 0 Å². The molecule has 3 N–H and O–H groups in total. The summed E-state index contributed by atoms with van der Waals surface area (Å²) in [5, 5.41) is 10.3. The van der Waals surface area contributed by atoms with E-state index in [-0.39, 0.29) is 44.1 Å². The number of halogens is 1. The molecular formula is C44H42IN4O-. The van der Waals surface area contributed by atoms with Crippen LogP contribution >= 0.6 is 0 Å². The third kappa shape index (κ3) is 5.18. The van der Waals surface area contributed by atoms with Gasteiger partial charge in [-0.1, -0.05) is 18.2 Å². The molecule has 50 heavy (non-hydrogen) atoms. The van der Waals surface area contributed by atoms with Gasteiger partial charge in [0.1, 0.15) is 0 Å². The Balaban J connectivity index is 0.895. The van der Waals surface area contributed by atoms with Gasteiger partial charge in [-0.25, -0.2) is 0 Å². The number of H-pyrrole nitrogens is 1. The van der Waals surface area contributed by atoms with Gasteiger partial charge in [-0.15, -0.1) is 0 Å². The molecule has 9 rings (SSSR count). The maximum atomic E-state index is 6.42. The SMILES string of the molecule is CC1(C)c2ccc([I-]c3cccc(OCCn4cc(C5Nc6ccccc6C5(C)C)c5ccccc54)c3)cc2NC1c1c[nH]c2ccccc12. The van der Waals surface area contributed by atoms with Crippen LogP contribution in [0, 0.1) is 7.14 Å². The number of fused-ring (bicyclic) bond motifs is 4. The van der Waals surface area contributed by atoms with Crippen LogP contribution in [-0.4, -0.2) is 16.2 Å². The van der Waals surface area contributed by atoms with Gasteiger partial charge in [-0.2, -0.15) is 0 Å². The molecule has 0 saturated carbocycles. The van der Waals surface area contributed by atoms with E-state index in [2.05, 4.69) is 176 Å². The van der Waals surface area contributed by atoms with Crippen molar-refractivity contribution in [3.05, 3.63) is 157 Å². The predicted molar refractivity (Wildman–Crippen MR) is 201 cm³/mol. The van der Waals surface area contributed by atoms with Gasteiger partial charge in [0.05, 0.1) is 0 Å². The number of benzene rings is 5. The summed E-state index contributed by atoms with van der Waals surface area (Å²) >= 11 is -0.371. The molecule has 2 aliphatic rings. The van der Waals surface area contributed by atoms with E-state index in [1.807, 2.05) is 0 Å². The molecule has 0 amide bonds.